The van der Waals surface area contributed by atoms with Gasteiger partial charge in [-0.15, -0.1) is 0 Å². The van der Waals surface area contributed by atoms with E-state index >= 15 is 0 Å². The third kappa shape index (κ3) is 3.28. The van der Waals surface area contributed by atoms with E-state index in [9.17, 15) is 8.78 Å². The summed E-state index contributed by atoms with van der Waals surface area (Å²) in [4.78, 5) is 1.81. The number of aromatic nitrogens is 2. The van der Waals surface area contributed by atoms with Crippen molar-refractivity contribution in [2.75, 3.05) is 11.4 Å². The van der Waals surface area contributed by atoms with E-state index < -0.39 is 11.6 Å². The summed E-state index contributed by atoms with van der Waals surface area (Å²) in [5, 5.41) is 4.33. The van der Waals surface area contributed by atoms with E-state index in [1.165, 1.54) is 6.07 Å². The number of rotatable bonds is 6. The quantitative estimate of drug-likeness (QED) is 0.416. The Bertz CT molecular complexity index is 974. The molecule has 6 heteroatoms. The zero-order chi connectivity index (χ0) is 20.6. The van der Waals surface area contributed by atoms with Crippen molar-refractivity contribution >= 4 is 28.7 Å². The number of anilines is 1. The van der Waals surface area contributed by atoms with Gasteiger partial charge >= 0.3 is 0 Å². The highest BCUT2D eigenvalue weighted by Crippen LogP contribution is 2.39. The Hall–Kier alpha value is -2.40. The molecule has 0 bridgehead atoms. The Morgan fingerprint density at radius 2 is 2.07 bits per heavy atom. The molecular weight excluding hydrogens is 380 g/mol. The smallest absolute Gasteiger partial charge is 0.154 e. The van der Waals surface area contributed by atoms with E-state index in [1.54, 1.807) is 11.1 Å². The van der Waals surface area contributed by atoms with Crippen LogP contribution in [0.15, 0.2) is 43.1 Å². The lowest BCUT2D eigenvalue weighted by Gasteiger charge is -2.23. The van der Waals surface area contributed by atoms with Crippen molar-refractivity contribution in [1.29, 1.82) is 0 Å². The molecule has 3 rings (SSSR count). The lowest BCUT2D eigenvalue weighted by Crippen LogP contribution is -2.20. The molecule has 0 saturated carbocycles. The molecule has 2 heterocycles. The summed E-state index contributed by atoms with van der Waals surface area (Å²) in [5.74, 6) is -0.368. The molecule has 2 aromatic rings. The average Bonchev–Trinajstić information content (AvgIpc) is 3.27. The zero-order valence-electron chi connectivity index (χ0n) is 16.4. The first-order valence-electron chi connectivity index (χ1n) is 9.31. The maximum atomic E-state index is 14.6. The van der Waals surface area contributed by atoms with Gasteiger partial charge in [0, 0.05) is 17.8 Å². The monoisotopic (exact) mass is 403 g/mol. The summed E-state index contributed by atoms with van der Waals surface area (Å²) in [7, 11) is 0. The van der Waals surface area contributed by atoms with Gasteiger partial charge in [-0.25, -0.2) is 13.5 Å². The summed E-state index contributed by atoms with van der Waals surface area (Å²) in [6.45, 7) is 15.4. The van der Waals surface area contributed by atoms with Crippen LogP contribution in [0.3, 0.4) is 0 Å². The Morgan fingerprint density at radius 1 is 1.36 bits per heavy atom. The Balaban J connectivity index is 2.10. The fraction of sp³-hybridized carbons (Fsp3) is 0.318. The minimum absolute atomic E-state index is 0.132. The van der Waals surface area contributed by atoms with E-state index in [0.717, 1.165) is 35.0 Å². The fourth-order valence-corrected chi connectivity index (χ4v) is 3.84. The van der Waals surface area contributed by atoms with Crippen LogP contribution in [0, 0.1) is 17.6 Å². The molecule has 0 amide bonds. The molecule has 1 aliphatic heterocycles. The number of allylic oxidation sites excluding steroid dienone is 3. The predicted octanol–water partition coefficient (Wildman–Crippen LogP) is 6.31. The van der Waals surface area contributed by atoms with Crippen molar-refractivity contribution < 1.29 is 8.78 Å². The maximum absolute atomic E-state index is 14.6. The van der Waals surface area contributed by atoms with Gasteiger partial charge in [0.2, 0.25) is 0 Å². The van der Waals surface area contributed by atoms with E-state index in [0.29, 0.717) is 19.0 Å². The van der Waals surface area contributed by atoms with Crippen LogP contribution in [0.5, 0.6) is 0 Å². The number of halogens is 3. The van der Waals surface area contributed by atoms with Crippen molar-refractivity contribution in [3.05, 3.63) is 70.9 Å². The maximum Gasteiger partial charge on any atom is 0.154 e. The van der Waals surface area contributed by atoms with Crippen LogP contribution >= 0.6 is 11.6 Å². The molecule has 1 aromatic carbocycles. The van der Waals surface area contributed by atoms with Crippen molar-refractivity contribution in [1.82, 2.24) is 9.78 Å². The second kappa shape index (κ2) is 7.92. The Morgan fingerprint density at radius 3 is 2.71 bits per heavy atom. The Kier molecular flexibility index (Phi) is 5.75. The first kappa shape index (κ1) is 20.3. The number of hydrogen-bond donors (Lipinski definition) is 0. The fourth-order valence-electron chi connectivity index (χ4n) is 3.68. The van der Waals surface area contributed by atoms with Crippen LogP contribution in [0.4, 0.5) is 14.6 Å². The van der Waals surface area contributed by atoms with Gasteiger partial charge in [0.25, 0.3) is 0 Å². The first-order valence-corrected chi connectivity index (χ1v) is 9.69. The van der Waals surface area contributed by atoms with Crippen molar-refractivity contribution in [2.24, 2.45) is 5.92 Å². The molecule has 1 unspecified atom stereocenters. The second-order valence-corrected chi connectivity index (χ2v) is 7.42. The summed E-state index contributed by atoms with van der Waals surface area (Å²) >= 11 is 5.87. The van der Waals surface area contributed by atoms with Crippen molar-refractivity contribution in [3.63, 3.8) is 0 Å². The van der Waals surface area contributed by atoms with Crippen LogP contribution in [-0.4, -0.2) is 16.3 Å². The third-order valence-corrected chi connectivity index (χ3v) is 5.75. The summed E-state index contributed by atoms with van der Waals surface area (Å²) in [5.41, 5.74) is 3.13. The normalized spacial score (nSPS) is 15.3. The van der Waals surface area contributed by atoms with Gasteiger partial charge in [-0.2, -0.15) is 5.10 Å². The zero-order valence-corrected chi connectivity index (χ0v) is 17.2. The highest BCUT2D eigenvalue weighted by Gasteiger charge is 2.30. The average molecular weight is 404 g/mol. The molecule has 3 nitrogen and oxygen atoms in total. The summed E-state index contributed by atoms with van der Waals surface area (Å²) in [6, 6.07) is 2.36. The van der Waals surface area contributed by atoms with E-state index in [-0.39, 0.29) is 16.3 Å². The molecule has 1 aliphatic rings. The largest absolute Gasteiger partial charge is 0.324 e. The molecule has 0 spiro atoms. The lowest BCUT2D eigenvalue weighted by molar-refractivity contribution is 0.576. The molecule has 0 radical (unpaired) electrons. The molecule has 0 aliphatic carbocycles. The highest BCUT2D eigenvalue weighted by atomic mass is 35.5. The van der Waals surface area contributed by atoms with Crippen LogP contribution in [0.2, 0.25) is 5.02 Å². The molecule has 1 atom stereocenters. The van der Waals surface area contributed by atoms with Gasteiger partial charge in [-0.05, 0) is 42.5 Å². The van der Waals surface area contributed by atoms with E-state index in [2.05, 4.69) is 32.1 Å². The number of benzene rings is 1. The minimum atomic E-state index is -0.801. The first-order chi connectivity index (χ1) is 13.3. The van der Waals surface area contributed by atoms with Crippen molar-refractivity contribution in [3.8, 4) is 0 Å². The second-order valence-electron chi connectivity index (χ2n) is 7.02. The van der Waals surface area contributed by atoms with Gasteiger partial charge < -0.3 is 4.90 Å². The van der Waals surface area contributed by atoms with Crippen LogP contribution in [0.1, 0.15) is 38.3 Å². The summed E-state index contributed by atoms with van der Waals surface area (Å²) in [6.07, 6.45) is 4.65. The topological polar surface area (TPSA) is 21.1 Å². The number of hydrogen-bond acceptors (Lipinski definition) is 2. The molecule has 1 aromatic heterocycles. The van der Waals surface area contributed by atoms with Gasteiger partial charge in [0.05, 0.1) is 23.3 Å². The minimum Gasteiger partial charge on any atom is -0.324 e. The number of fused-ring (bicyclic) bond motifs is 1. The van der Waals surface area contributed by atoms with Crippen LogP contribution < -0.4 is 4.90 Å². The van der Waals surface area contributed by atoms with Gasteiger partial charge in [-0.3, -0.25) is 0 Å². The van der Waals surface area contributed by atoms with Crippen molar-refractivity contribution in [2.45, 2.75) is 33.7 Å². The van der Waals surface area contributed by atoms with Crippen LogP contribution in [0.25, 0.3) is 11.3 Å². The predicted molar refractivity (Wildman–Crippen MR) is 112 cm³/mol. The van der Waals surface area contributed by atoms with Gasteiger partial charge in [0.15, 0.2) is 5.82 Å². The van der Waals surface area contributed by atoms with E-state index in [4.69, 9.17) is 11.6 Å². The SMILES string of the molecule is C=C/C(=C(\C)c1cnn2c1N(C(=C)c1c(F)ccc(Cl)c1F)CC2)C(C)CC. The highest BCUT2D eigenvalue weighted by molar-refractivity contribution is 6.31. The standard InChI is InChI=1S/C22H24ClF2N3/c1-6-13(3)16(7-2)14(4)17-12-26-28-11-10-27(22(17)28)15(5)20-19(24)9-8-18(23)21(20)25/h7-9,12-13H,2,5-6,10-11H2,1,3-4H3/b16-14-. The molecular formula is C22H24ClF2N3. The van der Waals surface area contributed by atoms with E-state index in [1.807, 2.05) is 17.7 Å². The molecule has 0 saturated heterocycles. The molecule has 0 fully saturated rings. The van der Waals surface area contributed by atoms with Gasteiger partial charge in [0.1, 0.15) is 11.6 Å². The molecule has 28 heavy (non-hydrogen) atoms. The molecule has 0 N–H and O–H groups in total. The molecule has 148 valence electrons. The third-order valence-electron chi connectivity index (χ3n) is 5.46. The lowest BCUT2D eigenvalue weighted by atomic mass is 9.91. The number of nitrogens with zero attached hydrogens (tertiary/aromatic N) is 3. The Labute approximate surface area is 169 Å². The van der Waals surface area contributed by atoms with Gasteiger partial charge in [-0.1, -0.05) is 44.7 Å². The summed E-state index contributed by atoms with van der Waals surface area (Å²) < 4.78 is 30.8. The van der Waals surface area contributed by atoms with Crippen LogP contribution in [-0.2, 0) is 6.54 Å².